The van der Waals surface area contributed by atoms with Crippen molar-refractivity contribution in [2.45, 2.75) is 32.3 Å². The average molecular weight is 131 g/mol. The van der Waals surface area contributed by atoms with Crippen LogP contribution in [0.25, 0.3) is 0 Å². The molecule has 1 N–H and O–H groups in total. The van der Waals surface area contributed by atoms with E-state index >= 15 is 0 Å². The molecule has 0 spiro atoms. The van der Waals surface area contributed by atoms with Gasteiger partial charge in [-0.25, -0.2) is 9.90 Å². The molecule has 0 aliphatic heterocycles. The zero-order chi connectivity index (χ0) is 7.28. The molecule has 0 aromatic heterocycles. The fraction of sp³-hybridized carbons (Fsp3) is 0.833. The first-order valence-electron chi connectivity index (χ1n) is 3.04. The van der Waals surface area contributed by atoms with E-state index in [0.717, 1.165) is 0 Å². The van der Waals surface area contributed by atoms with Gasteiger partial charge in [-0.3, -0.25) is 0 Å². The number of hydrogen-bond donors (Lipinski definition) is 1. The third-order valence-electron chi connectivity index (χ3n) is 1.15. The number of hydrogen-bond acceptors (Lipinski definition) is 2. The molecule has 0 aromatic rings. The Bertz CT molecular complexity index is 90.3. The van der Waals surface area contributed by atoms with Crippen LogP contribution in [0, 0.1) is 0 Å². The minimum atomic E-state index is -1.09. The van der Waals surface area contributed by atoms with Gasteiger partial charge < -0.3 is 5.11 Å². The number of aliphatic hydroxyl groups is 1. The standard InChI is InChI=1S/C6H11O3/c1-2-5(7)3-4-6(8)9/h5,7H,2-4H2,1H3. The van der Waals surface area contributed by atoms with Crippen LogP contribution in [0.15, 0.2) is 0 Å². The van der Waals surface area contributed by atoms with E-state index in [0.29, 0.717) is 12.8 Å². The van der Waals surface area contributed by atoms with Gasteiger partial charge in [0, 0.05) is 0 Å². The molecular formula is C6H11O3. The number of aliphatic hydroxyl groups excluding tert-OH is 1. The maximum atomic E-state index is 9.80. The molecule has 3 heteroatoms. The van der Waals surface area contributed by atoms with Crippen LogP contribution in [-0.4, -0.2) is 17.2 Å². The molecule has 0 heterocycles. The largest absolute Gasteiger partial charge is 0.393 e. The monoisotopic (exact) mass is 131 g/mol. The summed E-state index contributed by atoms with van der Waals surface area (Å²) in [4.78, 5) is 9.80. The molecule has 0 aromatic carbocycles. The molecule has 0 amide bonds. The van der Waals surface area contributed by atoms with Crippen LogP contribution >= 0.6 is 0 Å². The van der Waals surface area contributed by atoms with E-state index < -0.39 is 12.1 Å². The third kappa shape index (κ3) is 5.30. The van der Waals surface area contributed by atoms with Crippen molar-refractivity contribution in [1.29, 1.82) is 0 Å². The SMILES string of the molecule is CCC(O)CCC([O])=O. The van der Waals surface area contributed by atoms with E-state index in [1.54, 1.807) is 6.92 Å². The molecule has 0 saturated carbocycles. The van der Waals surface area contributed by atoms with Gasteiger partial charge in [-0.2, -0.15) is 0 Å². The van der Waals surface area contributed by atoms with Crippen LogP contribution < -0.4 is 0 Å². The highest BCUT2D eigenvalue weighted by Crippen LogP contribution is 1.99. The molecule has 3 nitrogen and oxygen atoms in total. The first-order valence-corrected chi connectivity index (χ1v) is 3.04. The number of carbonyl (C=O) groups is 1. The van der Waals surface area contributed by atoms with Crippen molar-refractivity contribution in [1.82, 2.24) is 0 Å². The van der Waals surface area contributed by atoms with Crippen molar-refractivity contribution in [3.05, 3.63) is 0 Å². The molecule has 0 rings (SSSR count). The summed E-state index contributed by atoms with van der Waals surface area (Å²) in [7, 11) is 0. The zero-order valence-corrected chi connectivity index (χ0v) is 5.46. The summed E-state index contributed by atoms with van der Waals surface area (Å²) in [6, 6.07) is 0. The van der Waals surface area contributed by atoms with Gasteiger partial charge in [0.25, 0.3) is 0 Å². The van der Waals surface area contributed by atoms with Crippen LogP contribution in [0.2, 0.25) is 0 Å². The molecule has 1 unspecified atom stereocenters. The Balaban J connectivity index is 3.16. The quantitative estimate of drug-likeness (QED) is 0.603. The predicted octanol–water partition coefficient (Wildman–Crippen LogP) is 0.495. The summed E-state index contributed by atoms with van der Waals surface area (Å²) in [5, 5.41) is 18.6. The van der Waals surface area contributed by atoms with Crippen LogP contribution in [0.3, 0.4) is 0 Å². The predicted molar refractivity (Wildman–Crippen MR) is 31.2 cm³/mol. The molecular weight excluding hydrogens is 120 g/mol. The van der Waals surface area contributed by atoms with E-state index in [4.69, 9.17) is 5.11 Å². The smallest absolute Gasteiger partial charge is 0.355 e. The van der Waals surface area contributed by atoms with E-state index in [9.17, 15) is 9.90 Å². The Labute approximate surface area is 54.3 Å². The molecule has 1 radical (unpaired) electrons. The van der Waals surface area contributed by atoms with Gasteiger partial charge >= 0.3 is 5.97 Å². The molecule has 0 fully saturated rings. The fourth-order valence-corrected chi connectivity index (χ4v) is 0.489. The molecule has 0 saturated heterocycles. The maximum Gasteiger partial charge on any atom is 0.355 e. The number of rotatable bonds is 4. The highest BCUT2D eigenvalue weighted by atomic mass is 16.4. The van der Waals surface area contributed by atoms with Crippen LogP contribution in [-0.2, 0) is 9.90 Å². The second kappa shape index (κ2) is 4.32. The lowest BCUT2D eigenvalue weighted by Gasteiger charge is -2.01. The van der Waals surface area contributed by atoms with Crippen LogP contribution in [0.1, 0.15) is 26.2 Å². The molecule has 1 atom stereocenters. The van der Waals surface area contributed by atoms with Crippen molar-refractivity contribution in [3.63, 3.8) is 0 Å². The summed E-state index contributed by atoms with van der Waals surface area (Å²) < 4.78 is 0. The van der Waals surface area contributed by atoms with Gasteiger partial charge in [0.05, 0.1) is 12.5 Å². The first-order chi connectivity index (χ1) is 4.16. The summed E-state index contributed by atoms with van der Waals surface area (Å²) in [6.45, 7) is 1.81. The topological polar surface area (TPSA) is 57.2 Å². The lowest BCUT2D eigenvalue weighted by Crippen LogP contribution is -2.06. The Morgan fingerprint density at radius 2 is 2.22 bits per heavy atom. The van der Waals surface area contributed by atoms with Crippen molar-refractivity contribution in [3.8, 4) is 0 Å². The van der Waals surface area contributed by atoms with Gasteiger partial charge in [0.15, 0.2) is 0 Å². The zero-order valence-electron chi connectivity index (χ0n) is 5.46. The van der Waals surface area contributed by atoms with Crippen molar-refractivity contribution < 1.29 is 15.0 Å². The second-order valence-electron chi connectivity index (χ2n) is 1.97. The van der Waals surface area contributed by atoms with E-state index in [1.807, 2.05) is 0 Å². The van der Waals surface area contributed by atoms with Gasteiger partial charge in [-0.15, -0.1) is 0 Å². The Kier molecular flexibility index (Phi) is 4.05. The summed E-state index contributed by atoms with van der Waals surface area (Å²) >= 11 is 0. The van der Waals surface area contributed by atoms with Gasteiger partial charge in [0.2, 0.25) is 0 Å². The average Bonchev–Trinajstić information content (AvgIpc) is 1.83. The summed E-state index contributed by atoms with van der Waals surface area (Å²) in [5.41, 5.74) is 0. The summed E-state index contributed by atoms with van der Waals surface area (Å²) in [6.07, 6.45) is 0.379. The van der Waals surface area contributed by atoms with Crippen molar-refractivity contribution in [2.75, 3.05) is 0 Å². The second-order valence-corrected chi connectivity index (χ2v) is 1.97. The Morgan fingerprint density at radius 1 is 1.67 bits per heavy atom. The third-order valence-corrected chi connectivity index (χ3v) is 1.15. The highest BCUT2D eigenvalue weighted by Gasteiger charge is 2.04. The molecule has 53 valence electrons. The lowest BCUT2D eigenvalue weighted by atomic mass is 10.1. The first kappa shape index (κ1) is 8.43. The van der Waals surface area contributed by atoms with Gasteiger partial charge in [-0.1, -0.05) is 6.92 Å². The molecule has 0 bridgehead atoms. The maximum absolute atomic E-state index is 9.80. The van der Waals surface area contributed by atoms with Gasteiger partial charge in [0.1, 0.15) is 0 Å². The highest BCUT2D eigenvalue weighted by molar-refractivity contribution is 5.66. The fourth-order valence-electron chi connectivity index (χ4n) is 0.489. The minimum absolute atomic E-state index is 0.0466. The van der Waals surface area contributed by atoms with Crippen molar-refractivity contribution >= 4 is 5.97 Å². The van der Waals surface area contributed by atoms with E-state index in [1.165, 1.54) is 0 Å². The van der Waals surface area contributed by atoms with Crippen molar-refractivity contribution in [2.24, 2.45) is 0 Å². The normalized spacial score (nSPS) is 13.1. The molecule has 0 aliphatic carbocycles. The van der Waals surface area contributed by atoms with Crippen LogP contribution in [0.4, 0.5) is 0 Å². The van der Waals surface area contributed by atoms with E-state index in [2.05, 4.69) is 0 Å². The van der Waals surface area contributed by atoms with E-state index in [-0.39, 0.29) is 6.42 Å². The Hall–Kier alpha value is -0.570. The molecule has 0 aliphatic rings. The lowest BCUT2D eigenvalue weighted by molar-refractivity contribution is -0.143. The molecule has 9 heavy (non-hydrogen) atoms. The minimum Gasteiger partial charge on any atom is -0.393 e. The van der Waals surface area contributed by atoms with Gasteiger partial charge in [-0.05, 0) is 12.8 Å². The summed E-state index contributed by atoms with van der Waals surface area (Å²) in [5.74, 6) is -1.09. The Morgan fingerprint density at radius 3 is 2.56 bits per heavy atom. The number of carbonyl (C=O) groups excluding carboxylic acids is 1. The van der Waals surface area contributed by atoms with Crippen LogP contribution in [0.5, 0.6) is 0 Å².